The standard InChI is InChI=1S/C16H18ClNO3/c1-10-7-18-14(11(2)16(10)20-3)9-21-15-6-4-5-13(17)12(15)8-19/h4-7,19H,8-9H2,1-3H3. The fourth-order valence-electron chi connectivity index (χ4n) is 2.19. The number of hydrogen-bond donors (Lipinski definition) is 1. The molecule has 0 spiro atoms. The van der Waals surface area contributed by atoms with Crippen LogP contribution in [-0.4, -0.2) is 17.2 Å². The lowest BCUT2D eigenvalue weighted by molar-refractivity contribution is 0.257. The summed E-state index contributed by atoms with van der Waals surface area (Å²) in [5.41, 5.74) is 3.31. The number of hydrogen-bond acceptors (Lipinski definition) is 4. The van der Waals surface area contributed by atoms with Gasteiger partial charge in [-0.25, -0.2) is 0 Å². The van der Waals surface area contributed by atoms with Gasteiger partial charge in [-0.2, -0.15) is 0 Å². The van der Waals surface area contributed by atoms with Crippen LogP contribution < -0.4 is 9.47 Å². The lowest BCUT2D eigenvalue weighted by Gasteiger charge is -2.14. The Labute approximate surface area is 129 Å². The molecule has 2 aromatic rings. The Hall–Kier alpha value is -1.78. The van der Waals surface area contributed by atoms with Gasteiger partial charge < -0.3 is 14.6 Å². The smallest absolute Gasteiger partial charge is 0.131 e. The third kappa shape index (κ3) is 3.28. The average Bonchev–Trinajstić information content (AvgIpc) is 2.47. The van der Waals surface area contributed by atoms with Gasteiger partial charge in [0.25, 0.3) is 0 Å². The normalized spacial score (nSPS) is 10.5. The van der Waals surface area contributed by atoms with Crippen LogP contribution in [0.25, 0.3) is 0 Å². The first-order valence-electron chi connectivity index (χ1n) is 6.58. The molecule has 1 aromatic carbocycles. The van der Waals surface area contributed by atoms with E-state index in [1.807, 2.05) is 13.8 Å². The molecule has 0 aliphatic heterocycles. The lowest BCUT2D eigenvalue weighted by Crippen LogP contribution is -2.05. The van der Waals surface area contributed by atoms with E-state index in [-0.39, 0.29) is 13.2 Å². The van der Waals surface area contributed by atoms with Crippen molar-refractivity contribution in [2.45, 2.75) is 27.1 Å². The Morgan fingerprint density at radius 1 is 1.29 bits per heavy atom. The molecule has 0 atom stereocenters. The fourth-order valence-corrected chi connectivity index (χ4v) is 2.42. The van der Waals surface area contributed by atoms with E-state index in [2.05, 4.69) is 4.98 Å². The van der Waals surface area contributed by atoms with E-state index in [4.69, 9.17) is 21.1 Å². The largest absolute Gasteiger partial charge is 0.496 e. The van der Waals surface area contributed by atoms with Gasteiger partial charge in [-0.3, -0.25) is 4.98 Å². The summed E-state index contributed by atoms with van der Waals surface area (Å²) in [5, 5.41) is 9.86. The zero-order valence-corrected chi connectivity index (χ0v) is 13.1. The zero-order valence-electron chi connectivity index (χ0n) is 12.3. The van der Waals surface area contributed by atoms with Gasteiger partial charge in [0.2, 0.25) is 0 Å². The summed E-state index contributed by atoms with van der Waals surface area (Å²) in [6.45, 7) is 4.02. The second-order valence-corrected chi connectivity index (χ2v) is 5.12. The van der Waals surface area contributed by atoms with Crippen LogP contribution >= 0.6 is 11.6 Å². The number of pyridine rings is 1. The minimum Gasteiger partial charge on any atom is -0.496 e. The molecular formula is C16H18ClNO3. The second-order valence-electron chi connectivity index (χ2n) is 4.71. The van der Waals surface area contributed by atoms with Crippen molar-refractivity contribution >= 4 is 11.6 Å². The summed E-state index contributed by atoms with van der Waals surface area (Å²) < 4.78 is 11.1. The van der Waals surface area contributed by atoms with Gasteiger partial charge in [0.05, 0.1) is 19.4 Å². The second kappa shape index (κ2) is 6.78. The third-order valence-electron chi connectivity index (χ3n) is 3.35. The minimum atomic E-state index is -0.168. The quantitative estimate of drug-likeness (QED) is 0.919. The van der Waals surface area contributed by atoms with Gasteiger partial charge in [-0.05, 0) is 26.0 Å². The highest BCUT2D eigenvalue weighted by Gasteiger charge is 2.12. The molecule has 0 unspecified atom stereocenters. The highest BCUT2D eigenvalue weighted by molar-refractivity contribution is 6.31. The minimum absolute atomic E-state index is 0.168. The molecule has 1 aromatic heterocycles. The molecule has 0 radical (unpaired) electrons. The van der Waals surface area contributed by atoms with Crippen molar-refractivity contribution in [3.63, 3.8) is 0 Å². The van der Waals surface area contributed by atoms with Crippen LogP contribution in [0.5, 0.6) is 11.5 Å². The van der Waals surface area contributed by atoms with Crippen LogP contribution in [0.15, 0.2) is 24.4 Å². The molecule has 0 saturated carbocycles. The van der Waals surface area contributed by atoms with Crippen LogP contribution in [0.3, 0.4) is 0 Å². The van der Waals surface area contributed by atoms with Crippen LogP contribution in [0.4, 0.5) is 0 Å². The first-order valence-corrected chi connectivity index (χ1v) is 6.96. The Balaban J connectivity index is 2.23. The first kappa shape index (κ1) is 15.6. The number of halogens is 1. The van der Waals surface area contributed by atoms with Crippen molar-refractivity contribution in [1.29, 1.82) is 0 Å². The van der Waals surface area contributed by atoms with Crippen LogP contribution in [0, 0.1) is 13.8 Å². The molecule has 112 valence electrons. The molecule has 0 amide bonds. The van der Waals surface area contributed by atoms with E-state index in [0.29, 0.717) is 16.3 Å². The van der Waals surface area contributed by atoms with E-state index in [1.165, 1.54) is 0 Å². The maximum Gasteiger partial charge on any atom is 0.131 e. The Morgan fingerprint density at radius 3 is 2.71 bits per heavy atom. The maximum atomic E-state index is 9.37. The zero-order chi connectivity index (χ0) is 15.4. The first-order chi connectivity index (χ1) is 10.1. The third-order valence-corrected chi connectivity index (χ3v) is 3.70. The molecule has 0 aliphatic rings. The molecule has 2 rings (SSSR count). The number of ether oxygens (including phenoxy) is 2. The summed E-state index contributed by atoms with van der Waals surface area (Å²) in [4.78, 5) is 4.38. The van der Waals surface area contributed by atoms with E-state index < -0.39 is 0 Å². The molecule has 21 heavy (non-hydrogen) atoms. The molecular weight excluding hydrogens is 290 g/mol. The number of aromatic nitrogens is 1. The number of aryl methyl sites for hydroxylation is 1. The average molecular weight is 308 g/mol. The van der Waals surface area contributed by atoms with Crippen molar-refractivity contribution in [1.82, 2.24) is 4.98 Å². The molecule has 1 N–H and O–H groups in total. The van der Waals surface area contributed by atoms with Crippen molar-refractivity contribution in [2.75, 3.05) is 7.11 Å². The van der Waals surface area contributed by atoms with Gasteiger partial charge in [-0.1, -0.05) is 17.7 Å². The number of aliphatic hydroxyl groups excluding tert-OH is 1. The molecule has 1 heterocycles. The van der Waals surface area contributed by atoms with Crippen LogP contribution in [0.1, 0.15) is 22.4 Å². The number of benzene rings is 1. The summed E-state index contributed by atoms with van der Waals surface area (Å²) in [5.74, 6) is 1.38. The number of nitrogens with zero attached hydrogens (tertiary/aromatic N) is 1. The van der Waals surface area contributed by atoms with E-state index in [1.54, 1.807) is 31.5 Å². The molecule has 0 fully saturated rings. The lowest BCUT2D eigenvalue weighted by atomic mass is 10.1. The van der Waals surface area contributed by atoms with Gasteiger partial charge in [-0.15, -0.1) is 0 Å². The van der Waals surface area contributed by atoms with Gasteiger partial charge in [0, 0.05) is 27.9 Å². The molecule has 0 bridgehead atoms. The number of methoxy groups -OCH3 is 1. The number of rotatable bonds is 5. The van der Waals surface area contributed by atoms with Crippen molar-refractivity contribution in [3.8, 4) is 11.5 Å². The van der Waals surface area contributed by atoms with Gasteiger partial charge in [0.15, 0.2) is 0 Å². The molecule has 5 heteroatoms. The topological polar surface area (TPSA) is 51.6 Å². The maximum absolute atomic E-state index is 9.37. The van der Waals surface area contributed by atoms with Gasteiger partial charge in [0.1, 0.15) is 18.1 Å². The summed E-state index contributed by atoms with van der Waals surface area (Å²) in [7, 11) is 1.64. The Morgan fingerprint density at radius 2 is 2.05 bits per heavy atom. The Bertz CT molecular complexity index is 644. The predicted molar refractivity (Wildman–Crippen MR) is 82.0 cm³/mol. The Kier molecular flexibility index (Phi) is 5.04. The molecule has 0 aliphatic carbocycles. The molecule has 0 saturated heterocycles. The monoisotopic (exact) mass is 307 g/mol. The van der Waals surface area contributed by atoms with Crippen molar-refractivity contribution in [3.05, 3.63) is 51.8 Å². The highest BCUT2D eigenvalue weighted by Crippen LogP contribution is 2.28. The highest BCUT2D eigenvalue weighted by atomic mass is 35.5. The number of aliphatic hydroxyl groups is 1. The SMILES string of the molecule is COc1c(C)cnc(COc2cccc(Cl)c2CO)c1C. The van der Waals surface area contributed by atoms with Crippen molar-refractivity contribution in [2.24, 2.45) is 0 Å². The predicted octanol–water partition coefficient (Wildman–Crippen LogP) is 3.43. The van der Waals surface area contributed by atoms with Crippen LogP contribution in [-0.2, 0) is 13.2 Å². The summed E-state index contributed by atoms with van der Waals surface area (Å²) in [6, 6.07) is 5.28. The fraction of sp³-hybridized carbons (Fsp3) is 0.312. The van der Waals surface area contributed by atoms with Crippen molar-refractivity contribution < 1.29 is 14.6 Å². The van der Waals surface area contributed by atoms with E-state index in [0.717, 1.165) is 22.6 Å². The van der Waals surface area contributed by atoms with E-state index in [9.17, 15) is 5.11 Å². The molecule has 4 nitrogen and oxygen atoms in total. The summed E-state index contributed by atoms with van der Waals surface area (Å²) >= 11 is 6.04. The summed E-state index contributed by atoms with van der Waals surface area (Å²) in [6.07, 6.45) is 1.76. The van der Waals surface area contributed by atoms with E-state index >= 15 is 0 Å². The van der Waals surface area contributed by atoms with Gasteiger partial charge >= 0.3 is 0 Å². The van der Waals surface area contributed by atoms with Crippen LogP contribution in [0.2, 0.25) is 5.02 Å².